The number of rotatable bonds is 3. The molecule has 19 heavy (non-hydrogen) atoms. The first-order valence-electron chi connectivity index (χ1n) is 6.83. The first-order chi connectivity index (χ1) is 8.91. The van der Waals surface area contributed by atoms with Crippen molar-refractivity contribution in [3.8, 4) is 5.69 Å². The van der Waals surface area contributed by atoms with Crippen LogP contribution in [-0.4, -0.2) is 9.78 Å². The molecule has 102 valence electrons. The number of aryl methyl sites for hydroxylation is 1. The van der Waals surface area contributed by atoms with E-state index in [0.717, 1.165) is 22.5 Å². The van der Waals surface area contributed by atoms with E-state index in [2.05, 4.69) is 32.8 Å². The van der Waals surface area contributed by atoms with E-state index in [0.29, 0.717) is 5.92 Å². The monoisotopic (exact) mass is 258 g/mol. The van der Waals surface area contributed by atoms with Crippen LogP contribution in [0.5, 0.6) is 0 Å². The highest BCUT2D eigenvalue weighted by Gasteiger charge is 2.19. The Labute approximate surface area is 114 Å². The summed E-state index contributed by atoms with van der Waals surface area (Å²) in [6.45, 7) is 10.4. The van der Waals surface area contributed by atoms with Gasteiger partial charge in [-0.25, -0.2) is 4.68 Å². The summed E-state index contributed by atoms with van der Waals surface area (Å²) in [5.74, 6) is 0.545. The van der Waals surface area contributed by atoms with Crippen LogP contribution in [0.4, 0.5) is 0 Å². The molecule has 3 nitrogen and oxygen atoms in total. The number of nitrogens with one attached hydrogen (secondary N) is 1. The lowest BCUT2D eigenvalue weighted by Crippen LogP contribution is -2.18. The van der Waals surface area contributed by atoms with Gasteiger partial charge in [0.2, 0.25) is 0 Å². The Bertz CT molecular complexity index is 632. The molecular formula is C16H22N2O. The average molecular weight is 258 g/mol. The lowest BCUT2D eigenvalue weighted by molar-refractivity contribution is 0.747. The lowest BCUT2D eigenvalue weighted by Gasteiger charge is -2.07. The third-order valence-corrected chi connectivity index (χ3v) is 3.37. The fourth-order valence-electron chi connectivity index (χ4n) is 2.41. The number of nitrogens with zero attached hydrogens (tertiary/aromatic N) is 1. The molecule has 0 unspecified atom stereocenters. The van der Waals surface area contributed by atoms with Gasteiger partial charge in [0.05, 0.1) is 5.69 Å². The second kappa shape index (κ2) is 5.08. The third-order valence-electron chi connectivity index (χ3n) is 3.37. The summed E-state index contributed by atoms with van der Waals surface area (Å²) in [6.07, 6.45) is 0. The molecule has 0 amide bonds. The molecule has 0 aliphatic rings. The van der Waals surface area contributed by atoms with E-state index in [-0.39, 0.29) is 11.5 Å². The Kier molecular flexibility index (Phi) is 3.65. The number of H-pyrrole nitrogens is 1. The predicted molar refractivity (Wildman–Crippen MR) is 79.3 cm³/mol. The molecule has 2 rings (SSSR count). The van der Waals surface area contributed by atoms with Gasteiger partial charge in [-0.1, -0.05) is 39.8 Å². The van der Waals surface area contributed by atoms with Gasteiger partial charge in [-0.05, 0) is 36.5 Å². The third kappa shape index (κ3) is 2.50. The minimum absolute atomic E-state index is 0.0734. The zero-order chi connectivity index (χ0) is 14.2. The van der Waals surface area contributed by atoms with Crippen molar-refractivity contribution in [2.75, 3.05) is 0 Å². The molecule has 0 atom stereocenters. The van der Waals surface area contributed by atoms with Gasteiger partial charge in [-0.2, -0.15) is 0 Å². The minimum atomic E-state index is 0.0734. The molecular weight excluding hydrogens is 236 g/mol. The van der Waals surface area contributed by atoms with E-state index in [1.54, 1.807) is 4.68 Å². The Morgan fingerprint density at radius 1 is 1.11 bits per heavy atom. The number of hydrogen-bond donors (Lipinski definition) is 1. The van der Waals surface area contributed by atoms with Crippen molar-refractivity contribution in [3.63, 3.8) is 0 Å². The van der Waals surface area contributed by atoms with Crippen LogP contribution in [0.1, 0.15) is 56.4 Å². The van der Waals surface area contributed by atoms with Crippen molar-refractivity contribution in [2.24, 2.45) is 0 Å². The van der Waals surface area contributed by atoms with Crippen LogP contribution in [0.25, 0.3) is 5.69 Å². The van der Waals surface area contributed by atoms with Crippen molar-refractivity contribution in [3.05, 3.63) is 51.4 Å². The zero-order valence-corrected chi connectivity index (χ0v) is 12.3. The first-order valence-corrected chi connectivity index (χ1v) is 6.83. The van der Waals surface area contributed by atoms with Gasteiger partial charge in [-0.15, -0.1) is 0 Å². The maximum atomic E-state index is 12.6. The van der Waals surface area contributed by atoms with Crippen LogP contribution in [0.2, 0.25) is 0 Å². The van der Waals surface area contributed by atoms with Crippen LogP contribution >= 0.6 is 0 Å². The van der Waals surface area contributed by atoms with Crippen molar-refractivity contribution in [1.29, 1.82) is 0 Å². The molecule has 0 aliphatic carbocycles. The summed E-state index contributed by atoms with van der Waals surface area (Å²) in [6, 6.07) is 7.98. The molecule has 0 bridgehead atoms. The molecule has 0 aliphatic heterocycles. The van der Waals surface area contributed by atoms with Gasteiger partial charge >= 0.3 is 0 Å². The van der Waals surface area contributed by atoms with Crippen molar-refractivity contribution in [1.82, 2.24) is 9.78 Å². The normalized spacial score (nSPS) is 11.5. The summed E-state index contributed by atoms with van der Waals surface area (Å²) < 4.78 is 1.66. The van der Waals surface area contributed by atoms with Gasteiger partial charge in [0.25, 0.3) is 5.56 Å². The maximum Gasteiger partial charge on any atom is 0.274 e. The van der Waals surface area contributed by atoms with Crippen molar-refractivity contribution in [2.45, 2.75) is 46.5 Å². The molecule has 1 aromatic carbocycles. The standard InChI is InChI=1S/C16H22N2O/c1-10(2)14-15(11(3)4)17-18(16(14)19)13-8-6-7-12(5)9-13/h6-11,17H,1-5H3. The Balaban J connectivity index is 2.66. The van der Waals surface area contributed by atoms with Gasteiger partial charge in [0.15, 0.2) is 0 Å². The van der Waals surface area contributed by atoms with Crippen LogP contribution < -0.4 is 5.56 Å². The van der Waals surface area contributed by atoms with Crippen molar-refractivity contribution < 1.29 is 0 Å². The lowest BCUT2D eigenvalue weighted by atomic mass is 9.98. The molecule has 1 N–H and O–H groups in total. The number of aromatic nitrogens is 2. The number of benzene rings is 1. The quantitative estimate of drug-likeness (QED) is 0.895. The Morgan fingerprint density at radius 3 is 2.26 bits per heavy atom. The summed E-state index contributed by atoms with van der Waals surface area (Å²) in [5.41, 5.74) is 4.07. The summed E-state index contributed by atoms with van der Waals surface area (Å²) in [7, 11) is 0. The highest BCUT2D eigenvalue weighted by atomic mass is 16.1. The fraction of sp³-hybridized carbons (Fsp3) is 0.438. The number of hydrogen-bond acceptors (Lipinski definition) is 1. The van der Waals surface area contributed by atoms with Crippen molar-refractivity contribution >= 4 is 0 Å². The average Bonchev–Trinajstić information content (AvgIpc) is 2.67. The Morgan fingerprint density at radius 2 is 1.79 bits per heavy atom. The van der Waals surface area contributed by atoms with Crippen LogP contribution in [0.15, 0.2) is 29.1 Å². The van der Waals surface area contributed by atoms with E-state index in [9.17, 15) is 4.79 Å². The maximum absolute atomic E-state index is 12.6. The molecule has 1 aromatic heterocycles. The summed E-state index contributed by atoms with van der Waals surface area (Å²) in [4.78, 5) is 12.6. The Hall–Kier alpha value is -1.77. The largest absolute Gasteiger partial charge is 0.294 e. The number of aromatic amines is 1. The highest BCUT2D eigenvalue weighted by molar-refractivity contribution is 5.37. The zero-order valence-electron chi connectivity index (χ0n) is 12.3. The van der Waals surface area contributed by atoms with E-state index < -0.39 is 0 Å². The second-order valence-corrected chi connectivity index (χ2v) is 5.73. The molecule has 0 saturated heterocycles. The van der Waals surface area contributed by atoms with Crippen LogP contribution in [0, 0.1) is 6.92 Å². The molecule has 0 spiro atoms. The van der Waals surface area contributed by atoms with Crippen LogP contribution in [-0.2, 0) is 0 Å². The molecule has 0 fully saturated rings. The van der Waals surface area contributed by atoms with E-state index in [1.807, 2.05) is 31.2 Å². The van der Waals surface area contributed by atoms with E-state index >= 15 is 0 Å². The molecule has 1 heterocycles. The van der Waals surface area contributed by atoms with Gasteiger partial charge < -0.3 is 0 Å². The second-order valence-electron chi connectivity index (χ2n) is 5.73. The smallest absolute Gasteiger partial charge is 0.274 e. The summed E-state index contributed by atoms with van der Waals surface area (Å²) >= 11 is 0. The predicted octanol–water partition coefficient (Wildman–Crippen LogP) is 3.72. The minimum Gasteiger partial charge on any atom is -0.294 e. The fourth-order valence-corrected chi connectivity index (χ4v) is 2.41. The first kappa shape index (κ1) is 13.7. The van der Waals surface area contributed by atoms with E-state index in [4.69, 9.17) is 0 Å². The summed E-state index contributed by atoms with van der Waals surface area (Å²) in [5, 5.41) is 3.28. The van der Waals surface area contributed by atoms with Gasteiger partial charge in [-0.3, -0.25) is 9.89 Å². The molecule has 2 aromatic rings. The topological polar surface area (TPSA) is 37.8 Å². The van der Waals surface area contributed by atoms with Gasteiger partial charge in [0, 0.05) is 11.3 Å². The van der Waals surface area contributed by atoms with Gasteiger partial charge in [0.1, 0.15) is 0 Å². The van der Waals surface area contributed by atoms with E-state index in [1.165, 1.54) is 0 Å². The van der Waals surface area contributed by atoms with Crippen LogP contribution in [0.3, 0.4) is 0 Å². The molecule has 3 heteroatoms. The molecule has 0 radical (unpaired) electrons. The SMILES string of the molecule is Cc1cccc(-n2[nH]c(C(C)C)c(C(C)C)c2=O)c1. The molecule has 0 saturated carbocycles. The highest BCUT2D eigenvalue weighted by Crippen LogP contribution is 2.22.